The Labute approximate surface area is 147 Å². The van der Waals surface area contributed by atoms with Gasteiger partial charge in [-0.1, -0.05) is 15.9 Å². The minimum absolute atomic E-state index is 0.00803. The predicted molar refractivity (Wildman–Crippen MR) is 94.3 cm³/mol. The number of benzene rings is 2. The van der Waals surface area contributed by atoms with Gasteiger partial charge < -0.3 is 10.1 Å². The molecule has 0 aromatic heterocycles. The third kappa shape index (κ3) is 4.52. The van der Waals surface area contributed by atoms with Gasteiger partial charge >= 0.3 is 5.97 Å². The van der Waals surface area contributed by atoms with Crippen molar-refractivity contribution >= 4 is 39.6 Å². The predicted octanol–water partition coefficient (Wildman–Crippen LogP) is 4.34. The fraction of sp³-hybridized carbons (Fsp3) is 0.111. The van der Waals surface area contributed by atoms with Crippen LogP contribution in [0, 0.1) is 12.7 Å². The molecule has 1 amide bonds. The molecule has 0 saturated carbocycles. The Bertz CT molecular complexity index is 801. The summed E-state index contributed by atoms with van der Waals surface area (Å²) in [5.41, 5.74) is 1.44. The molecule has 2 aromatic rings. The van der Waals surface area contributed by atoms with Gasteiger partial charge in [-0.05, 0) is 55.0 Å². The number of carbonyl (C=O) groups excluding carboxylic acids is 2. The topological polar surface area (TPSA) is 55.4 Å². The van der Waals surface area contributed by atoms with Gasteiger partial charge in [0.25, 0.3) is 5.91 Å². The summed E-state index contributed by atoms with van der Waals surface area (Å²) in [5.74, 6) is -1.59. The molecule has 0 bridgehead atoms. The molecule has 0 aliphatic rings. The molecule has 0 saturated heterocycles. The van der Waals surface area contributed by atoms with E-state index in [9.17, 15) is 14.0 Å². The second-order valence-corrected chi connectivity index (χ2v) is 5.94. The Balaban J connectivity index is 2.34. The van der Waals surface area contributed by atoms with E-state index in [1.165, 1.54) is 25.3 Å². The second-order valence-electron chi connectivity index (χ2n) is 5.03. The number of carbonyl (C=O) groups is 2. The Morgan fingerprint density at radius 2 is 1.88 bits per heavy atom. The summed E-state index contributed by atoms with van der Waals surface area (Å²) in [6.07, 6.45) is 2.57. The normalized spacial score (nSPS) is 10.7. The molecule has 0 radical (unpaired) electrons. The number of esters is 1. The first-order valence-electron chi connectivity index (χ1n) is 7.04. The van der Waals surface area contributed by atoms with Crippen LogP contribution in [-0.2, 0) is 9.53 Å². The van der Waals surface area contributed by atoms with Crippen LogP contribution in [0.5, 0.6) is 0 Å². The lowest BCUT2D eigenvalue weighted by Gasteiger charge is -2.11. The van der Waals surface area contributed by atoms with E-state index < -0.39 is 17.7 Å². The van der Waals surface area contributed by atoms with Crippen molar-refractivity contribution in [3.63, 3.8) is 0 Å². The highest BCUT2D eigenvalue weighted by molar-refractivity contribution is 9.10. The second kappa shape index (κ2) is 7.88. The van der Waals surface area contributed by atoms with E-state index in [1.54, 1.807) is 37.3 Å². The molecule has 0 aliphatic carbocycles. The average Bonchev–Trinajstić information content (AvgIpc) is 2.55. The fourth-order valence-corrected chi connectivity index (χ4v) is 2.31. The number of rotatable bonds is 4. The third-order valence-corrected chi connectivity index (χ3v) is 3.74. The van der Waals surface area contributed by atoms with Gasteiger partial charge in [0.15, 0.2) is 0 Å². The van der Waals surface area contributed by atoms with E-state index in [0.717, 1.165) is 4.47 Å². The molecule has 0 fully saturated rings. The van der Waals surface area contributed by atoms with E-state index in [1.807, 2.05) is 0 Å². The highest BCUT2D eigenvalue weighted by atomic mass is 79.9. The van der Waals surface area contributed by atoms with Crippen molar-refractivity contribution in [2.75, 3.05) is 12.4 Å². The summed E-state index contributed by atoms with van der Waals surface area (Å²) in [6.45, 7) is 1.72. The van der Waals surface area contributed by atoms with E-state index in [0.29, 0.717) is 16.7 Å². The molecule has 0 unspecified atom stereocenters. The molecule has 124 valence electrons. The summed E-state index contributed by atoms with van der Waals surface area (Å²) >= 11 is 3.29. The molecule has 0 atom stereocenters. The Morgan fingerprint density at radius 1 is 1.21 bits per heavy atom. The Kier molecular flexibility index (Phi) is 5.87. The van der Waals surface area contributed by atoms with Crippen LogP contribution < -0.4 is 5.32 Å². The standard InChI is InChI=1S/C18H15BrFNO3/c1-11-9-13(5-8-16(22)24-2)17(15(20)10-11)21-18(23)12-3-6-14(19)7-4-12/h3-10H,1-2H3,(H,21,23). The van der Waals surface area contributed by atoms with E-state index in [-0.39, 0.29) is 5.69 Å². The molecule has 2 rings (SSSR count). The maximum atomic E-state index is 14.3. The maximum Gasteiger partial charge on any atom is 0.330 e. The quantitative estimate of drug-likeness (QED) is 0.622. The number of ether oxygens (including phenoxy) is 1. The molecule has 4 nitrogen and oxygen atoms in total. The summed E-state index contributed by atoms with van der Waals surface area (Å²) in [5, 5.41) is 2.55. The molecule has 6 heteroatoms. The van der Waals surface area contributed by atoms with Crippen LogP contribution in [0.4, 0.5) is 10.1 Å². The van der Waals surface area contributed by atoms with Gasteiger partial charge in [0, 0.05) is 21.7 Å². The van der Waals surface area contributed by atoms with Gasteiger partial charge in [0.05, 0.1) is 12.8 Å². The van der Waals surface area contributed by atoms with Crippen LogP contribution in [0.3, 0.4) is 0 Å². The van der Waals surface area contributed by atoms with Crippen molar-refractivity contribution in [3.8, 4) is 0 Å². The minimum Gasteiger partial charge on any atom is -0.466 e. The highest BCUT2D eigenvalue weighted by Gasteiger charge is 2.13. The Hall–Kier alpha value is -2.47. The summed E-state index contributed by atoms with van der Waals surface area (Å²) < 4.78 is 19.6. The molecular formula is C18H15BrFNO3. The number of nitrogens with one attached hydrogen (secondary N) is 1. The van der Waals surface area contributed by atoms with Gasteiger partial charge in [0.1, 0.15) is 5.82 Å². The lowest BCUT2D eigenvalue weighted by Crippen LogP contribution is -2.14. The molecule has 1 N–H and O–H groups in total. The van der Waals surface area contributed by atoms with Crippen LogP contribution in [0.25, 0.3) is 6.08 Å². The van der Waals surface area contributed by atoms with Crippen molar-refractivity contribution in [2.24, 2.45) is 0 Å². The van der Waals surface area contributed by atoms with Crippen LogP contribution >= 0.6 is 15.9 Å². The molecule has 2 aromatic carbocycles. The van der Waals surface area contributed by atoms with Gasteiger partial charge in [-0.25, -0.2) is 9.18 Å². The van der Waals surface area contributed by atoms with Crippen molar-refractivity contribution in [2.45, 2.75) is 6.92 Å². The van der Waals surface area contributed by atoms with Crippen molar-refractivity contribution in [1.82, 2.24) is 0 Å². The van der Waals surface area contributed by atoms with Gasteiger partial charge in [-0.15, -0.1) is 0 Å². The van der Waals surface area contributed by atoms with Gasteiger partial charge in [-0.2, -0.15) is 0 Å². The monoisotopic (exact) mass is 391 g/mol. The number of halogens is 2. The summed E-state index contributed by atoms with van der Waals surface area (Å²) in [6, 6.07) is 9.66. The lowest BCUT2D eigenvalue weighted by atomic mass is 10.1. The zero-order valence-electron chi connectivity index (χ0n) is 13.1. The zero-order valence-corrected chi connectivity index (χ0v) is 14.7. The number of hydrogen-bond acceptors (Lipinski definition) is 3. The number of methoxy groups -OCH3 is 1. The van der Waals surface area contributed by atoms with E-state index in [4.69, 9.17) is 0 Å². The van der Waals surface area contributed by atoms with E-state index >= 15 is 0 Å². The number of aryl methyl sites for hydroxylation is 1. The van der Waals surface area contributed by atoms with Crippen LogP contribution in [0.2, 0.25) is 0 Å². The van der Waals surface area contributed by atoms with E-state index in [2.05, 4.69) is 26.0 Å². The average molecular weight is 392 g/mol. The first-order chi connectivity index (χ1) is 11.4. The first-order valence-corrected chi connectivity index (χ1v) is 7.83. The molecule has 0 aliphatic heterocycles. The molecule has 0 heterocycles. The van der Waals surface area contributed by atoms with Gasteiger partial charge in [0.2, 0.25) is 0 Å². The maximum absolute atomic E-state index is 14.3. The van der Waals surface area contributed by atoms with Crippen LogP contribution in [-0.4, -0.2) is 19.0 Å². The largest absolute Gasteiger partial charge is 0.466 e. The lowest BCUT2D eigenvalue weighted by molar-refractivity contribution is -0.134. The summed E-state index contributed by atoms with van der Waals surface area (Å²) in [7, 11) is 1.25. The number of anilines is 1. The zero-order chi connectivity index (χ0) is 17.7. The van der Waals surface area contributed by atoms with Gasteiger partial charge in [-0.3, -0.25) is 4.79 Å². The molecule has 0 spiro atoms. The minimum atomic E-state index is -0.579. The molecule has 24 heavy (non-hydrogen) atoms. The SMILES string of the molecule is COC(=O)C=Cc1cc(C)cc(F)c1NC(=O)c1ccc(Br)cc1. The number of amides is 1. The third-order valence-electron chi connectivity index (χ3n) is 3.21. The smallest absolute Gasteiger partial charge is 0.330 e. The van der Waals surface area contributed by atoms with Crippen molar-refractivity contribution in [3.05, 3.63) is 69.5 Å². The number of hydrogen-bond donors (Lipinski definition) is 1. The summed E-state index contributed by atoms with van der Waals surface area (Å²) in [4.78, 5) is 23.5. The first kappa shape index (κ1) is 17.9. The Morgan fingerprint density at radius 3 is 2.50 bits per heavy atom. The highest BCUT2D eigenvalue weighted by Crippen LogP contribution is 2.24. The van der Waals surface area contributed by atoms with Crippen LogP contribution in [0.1, 0.15) is 21.5 Å². The van der Waals surface area contributed by atoms with Crippen molar-refractivity contribution < 1.29 is 18.7 Å². The molecular weight excluding hydrogens is 377 g/mol. The van der Waals surface area contributed by atoms with Crippen molar-refractivity contribution in [1.29, 1.82) is 0 Å². The fourth-order valence-electron chi connectivity index (χ4n) is 2.05. The van der Waals surface area contributed by atoms with Crippen LogP contribution in [0.15, 0.2) is 46.9 Å².